The van der Waals surface area contributed by atoms with Gasteiger partial charge in [-0.1, -0.05) is 29.8 Å². The van der Waals surface area contributed by atoms with E-state index in [1.165, 1.54) is 16.9 Å². The Labute approximate surface area is 156 Å². The van der Waals surface area contributed by atoms with Crippen LogP contribution in [0.3, 0.4) is 0 Å². The Morgan fingerprint density at radius 2 is 1.58 bits per heavy atom. The van der Waals surface area contributed by atoms with E-state index in [4.69, 9.17) is 0 Å². The Bertz CT molecular complexity index is 717. The molecule has 1 aliphatic rings. The predicted octanol–water partition coefficient (Wildman–Crippen LogP) is 3.09. The van der Waals surface area contributed by atoms with E-state index in [9.17, 15) is 4.79 Å². The number of piperazine rings is 1. The molecular weight excluding hydrogens is 324 g/mol. The third-order valence-electron chi connectivity index (χ3n) is 4.86. The van der Waals surface area contributed by atoms with E-state index < -0.39 is 0 Å². The molecule has 0 spiro atoms. The van der Waals surface area contributed by atoms with Crippen molar-refractivity contribution >= 4 is 17.4 Å². The predicted molar refractivity (Wildman–Crippen MR) is 108 cm³/mol. The summed E-state index contributed by atoms with van der Waals surface area (Å²) in [5, 5.41) is 3.03. The fraction of sp³-hybridized carbons (Fsp3) is 0.381. The minimum Gasteiger partial charge on any atom is -0.378 e. The van der Waals surface area contributed by atoms with E-state index in [0.29, 0.717) is 6.54 Å². The number of nitrogens with zero attached hydrogens (tertiary/aromatic N) is 3. The monoisotopic (exact) mass is 352 g/mol. The first kappa shape index (κ1) is 18.1. The van der Waals surface area contributed by atoms with Gasteiger partial charge in [0, 0.05) is 58.2 Å². The maximum atomic E-state index is 12.4. The number of hydrogen-bond acceptors (Lipinski definition) is 3. The van der Waals surface area contributed by atoms with E-state index in [1.807, 2.05) is 19.0 Å². The van der Waals surface area contributed by atoms with E-state index in [0.717, 1.165) is 31.7 Å². The Morgan fingerprint density at radius 1 is 0.962 bits per heavy atom. The number of nitrogens with one attached hydrogen (secondary N) is 1. The summed E-state index contributed by atoms with van der Waals surface area (Å²) < 4.78 is 0. The van der Waals surface area contributed by atoms with Gasteiger partial charge in [-0.3, -0.25) is 0 Å². The van der Waals surface area contributed by atoms with Crippen molar-refractivity contribution in [3.05, 3.63) is 59.7 Å². The van der Waals surface area contributed by atoms with Crippen LogP contribution in [0.25, 0.3) is 0 Å². The second kappa shape index (κ2) is 8.13. The van der Waals surface area contributed by atoms with Gasteiger partial charge in [0.15, 0.2) is 0 Å². The van der Waals surface area contributed by atoms with Crippen LogP contribution in [0.4, 0.5) is 16.2 Å². The number of aryl methyl sites for hydroxylation is 1. The minimum absolute atomic E-state index is 0.0215. The van der Waals surface area contributed by atoms with Crippen molar-refractivity contribution in [3.8, 4) is 0 Å². The molecule has 0 aromatic heterocycles. The van der Waals surface area contributed by atoms with Crippen LogP contribution in [-0.4, -0.2) is 51.2 Å². The standard InChI is InChI=1S/C21H28N4O/c1-17-4-6-18(7-5-17)16-22-21(26)25-14-12-24(13-15-25)20-10-8-19(9-11-20)23(2)3/h4-11H,12-16H2,1-3H3,(H,22,26). The summed E-state index contributed by atoms with van der Waals surface area (Å²) in [4.78, 5) is 18.7. The van der Waals surface area contributed by atoms with Crippen molar-refractivity contribution in [2.45, 2.75) is 13.5 Å². The molecule has 0 radical (unpaired) electrons. The van der Waals surface area contributed by atoms with Crippen molar-refractivity contribution in [1.82, 2.24) is 10.2 Å². The van der Waals surface area contributed by atoms with Gasteiger partial charge in [0.05, 0.1) is 0 Å². The Morgan fingerprint density at radius 3 is 2.15 bits per heavy atom. The first-order valence-corrected chi connectivity index (χ1v) is 9.13. The minimum atomic E-state index is 0.0215. The van der Waals surface area contributed by atoms with Crippen LogP contribution in [0.2, 0.25) is 0 Å². The first-order chi connectivity index (χ1) is 12.5. The molecule has 2 aromatic rings. The summed E-state index contributed by atoms with van der Waals surface area (Å²) in [6.07, 6.45) is 0. The van der Waals surface area contributed by atoms with Crippen LogP contribution in [0.15, 0.2) is 48.5 Å². The highest BCUT2D eigenvalue weighted by atomic mass is 16.2. The fourth-order valence-corrected chi connectivity index (χ4v) is 3.12. The number of amides is 2. The van der Waals surface area contributed by atoms with Crippen molar-refractivity contribution in [1.29, 1.82) is 0 Å². The van der Waals surface area contributed by atoms with Crippen LogP contribution in [0.1, 0.15) is 11.1 Å². The molecule has 138 valence electrons. The summed E-state index contributed by atoms with van der Waals surface area (Å²) in [7, 11) is 4.09. The largest absolute Gasteiger partial charge is 0.378 e. The van der Waals surface area contributed by atoms with Gasteiger partial charge in [-0.25, -0.2) is 4.79 Å². The number of benzene rings is 2. The van der Waals surface area contributed by atoms with Crippen LogP contribution in [0, 0.1) is 6.92 Å². The molecule has 3 rings (SSSR count). The van der Waals surface area contributed by atoms with Gasteiger partial charge in [0.2, 0.25) is 0 Å². The highest BCUT2D eigenvalue weighted by Crippen LogP contribution is 2.20. The number of hydrogen-bond donors (Lipinski definition) is 1. The Kier molecular flexibility index (Phi) is 5.66. The lowest BCUT2D eigenvalue weighted by atomic mass is 10.1. The molecule has 0 saturated carbocycles. The number of carbonyl (C=O) groups is 1. The molecule has 0 bridgehead atoms. The molecule has 2 amide bonds. The quantitative estimate of drug-likeness (QED) is 0.919. The van der Waals surface area contributed by atoms with Crippen LogP contribution < -0.4 is 15.1 Å². The second-order valence-electron chi connectivity index (χ2n) is 7.03. The lowest BCUT2D eigenvalue weighted by Gasteiger charge is -2.36. The molecule has 1 saturated heterocycles. The molecule has 5 nitrogen and oxygen atoms in total. The topological polar surface area (TPSA) is 38.8 Å². The lowest BCUT2D eigenvalue weighted by Crippen LogP contribution is -2.51. The average Bonchev–Trinajstić information content (AvgIpc) is 2.67. The van der Waals surface area contributed by atoms with Gasteiger partial charge in [-0.05, 0) is 36.8 Å². The zero-order valence-corrected chi connectivity index (χ0v) is 15.9. The highest BCUT2D eigenvalue weighted by Gasteiger charge is 2.21. The summed E-state index contributed by atoms with van der Waals surface area (Å²) in [5.74, 6) is 0. The first-order valence-electron chi connectivity index (χ1n) is 9.13. The SMILES string of the molecule is Cc1ccc(CNC(=O)N2CCN(c3ccc(N(C)C)cc3)CC2)cc1. The number of rotatable bonds is 4. The van der Waals surface area contributed by atoms with Crippen LogP contribution in [-0.2, 0) is 6.54 Å². The van der Waals surface area contributed by atoms with E-state index in [2.05, 4.69) is 70.6 Å². The molecule has 0 aliphatic carbocycles. The van der Waals surface area contributed by atoms with Gasteiger partial charge >= 0.3 is 6.03 Å². The molecule has 1 N–H and O–H groups in total. The summed E-state index contributed by atoms with van der Waals surface area (Å²) in [5.41, 5.74) is 4.77. The molecule has 1 heterocycles. The summed E-state index contributed by atoms with van der Waals surface area (Å²) >= 11 is 0. The van der Waals surface area contributed by atoms with Gasteiger partial charge in [-0.2, -0.15) is 0 Å². The Balaban J connectivity index is 1.48. The van der Waals surface area contributed by atoms with Crippen LogP contribution >= 0.6 is 0 Å². The van der Waals surface area contributed by atoms with E-state index in [-0.39, 0.29) is 6.03 Å². The van der Waals surface area contributed by atoms with Gasteiger partial charge in [0.1, 0.15) is 0 Å². The summed E-state index contributed by atoms with van der Waals surface area (Å²) in [6, 6.07) is 16.9. The molecule has 1 fully saturated rings. The molecular formula is C21H28N4O. The Hall–Kier alpha value is -2.69. The lowest BCUT2D eigenvalue weighted by molar-refractivity contribution is 0.194. The summed E-state index contributed by atoms with van der Waals surface area (Å²) in [6.45, 7) is 5.85. The molecule has 2 aromatic carbocycles. The van der Waals surface area contributed by atoms with E-state index in [1.54, 1.807) is 0 Å². The molecule has 0 atom stereocenters. The highest BCUT2D eigenvalue weighted by molar-refractivity contribution is 5.74. The fourth-order valence-electron chi connectivity index (χ4n) is 3.12. The maximum Gasteiger partial charge on any atom is 0.317 e. The molecule has 1 aliphatic heterocycles. The van der Waals surface area contributed by atoms with Crippen LogP contribution in [0.5, 0.6) is 0 Å². The van der Waals surface area contributed by atoms with E-state index >= 15 is 0 Å². The number of anilines is 2. The second-order valence-corrected chi connectivity index (χ2v) is 7.03. The zero-order chi connectivity index (χ0) is 18.5. The number of carbonyl (C=O) groups excluding carboxylic acids is 1. The van der Waals surface area contributed by atoms with Crippen molar-refractivity contribution in [2.75, 3.05) is 50.1 Å². The molecule has 26 heavy (non-hydrogen) atoms. The maximum absolute atomic E-state index is 12.4. The third kappa shape index (κ3) is 4.48. The third-order valence-corrected chi connectivity index (χ3v) is 4.86. The number of urea groups is 1. The van der Waals surface area contributed by atoms with Gasteiger partial charge in [-0.15, -0.1) is 0 Å². The molecule has 5 heteroatoms. The molecule has 0 unspecified atom stereocenters. The average molecular weight is 352 g/mol. The van der Waals surface area contributed by atoms with Gasteiger partial charge < -0.3 is 20.0 Å². The smallest absolute Gasteiger partial charge is 0.317 e. The van der Waals surface area contributed by atoms with Crippen molar-refractivity contribution in [3.63, 3.8) is 0 Å². The van der Waals surface area contributed by atoms with Crippen molar-refractivity contribution < 1.29 is 4.79 Å². The van der Waals surface area contributed by atoms with Gasteiger partial charge in [0.25, 0.3) is 0 Å². The zero-order valence-electron chi connectivity index (χ0n) is 15.9. The van der Waals surface area contributed by atoms with Crippen molar-refractivity contribution in [2.24, 2.45) is 0 Å². The normalized spacial score (nSPS) is 14.3.